The van der Waals surface area contributed by atoms with Gasteiger partial charge >= 0.3 is 0 Å². The van der Waals surface area contributed by atoms with Gasteiger partial charge in [0.2, 0.25) is 0 Å². The number of aromatic nitrogens is 1. The van der Waals surface area contributed by atoms with Crippen LogP contribution in [-0.2, 0) is 6.42 Å². The molecule has 0 radical (unpaired) electrons. The molecule has 0 spiro atoms. The monoisotopic (exact) mass is 249 g/mol. The van der Waals surface area contributed by atoms with Crippen LogP contribution in [0.2, 0.25) is 0 Å². The molecule has 1 heterocycles. The van der Waals surface area contributed by atoms with E-state index in [1.165, 1.54) is 0 Å². The first-order valence-electron chi connectivity index (χ1n) is 5.53. The minimum atomic E-state index is 0.214. The van der Waals surface area contributed by atoms with Crippen LogP contribution in [0.5, 0.6) is 5.75 Å². The van der Waals surface area contributed by atoms with E-state index in [0.29, 0.717) is 0 Å². The highest BCUT2D eigenvalue weighted by Crippen LogP contribution is 2.27. The molecule has 0 aliphatic rings. The van der Waals surface area contributed by atoms with Gasteiger partial charge in [-0.3, -0.25) is 0 Å². The van der Waals surface area contributed by atoms with Crippen molar-refractivity contribution in [1.82, 2.24) is 4.98 Å². The Morgan fingerprint density at radius 2 is 2.29 bits per heavy atom. The van der Waals surface area contributed by atoms with Gasteiger partial charge in [0.1, 0.15) is 10.8 Å². The molecule has 0 aliphatic carbocycles. The van der Waals surface area contributed by atoms with Gasteiger partial charge in [-0.15, -0.1) is 11.3 Å². The summed E-state index contributed by atoms with van der Waals surface area (Å²) in [4.78, 5) is 4.55. The SMILES string of the molecule is COc1cccc(-c2nc(CCCO)cs2)c1. The third kappa shape index (κ3) is 3.05. The molecule has 0 saturated carbocycles. The van der Waals surface area contributed by atoms with Gasteiger partial charge in [-0.05, 0) is 25.0 Å². The standard InChI is InChI=1S/C13H15NO2S/c1-16-12-6-2-4-10(8-12)13-14-11(9-17-13)5-3-7-15/h2,4,6,8-9,15H,3,5,7H2,1H3. The molecule has 2 aromatic rings. The zero-order chi connectivity index (χ0) is 12.1. The van der Waals surface area contributed by atoms with Crippen molar-refractivity contribution < 1.29 is 9.84 Å². The summed E-state index contributed by atoms with van der Waals surface area (Å²) in [5.74, 6) is 0.842. The molecule has 1 N–H and O–H groups in total. The molecule has 0 aliphatic heterocycles. The predicted molar refractivity (Wildman–Crippen MR) is 69.5 cm³/mol. The number of rotatable bonds is 5. The minimum absolute atomic E-state index is 0.214. The Labute approximate surface area is 105 Å². The lowest BCUT2D eigenvalue weighted by Gasteiger charge is -2.01. The molecule has 0 bridgehead atoms. The molecule has 0 fully saturated rings. The number of aliphatic hydroxyl groups is 1. The van der Waals surface area contributed by atoms with Crippen LogP contribution in [0.3, 0.4) is 0 Å². The van der Waals surface area contributed by atoms with Crippen LogP contribution in [0.15, 0.2) is 29.6 Å². The molecule has 1 aromatic carbocycles. The lowest BCUT2D eigenvalue weighted by atomic mass is 10.2. The molecular weight excluding hydrogens is 234 g/mol. The van der Waals surface area contributed by atoms with Gasteiger partial charge in [-0.1, -0.05) is 12.1 Å². The lowest BCUT2D eigenvalue weighted by Crippen LogP contribution is -1.89. The maximum atomic E-state index is 8.78. The Hall–Kier alpha value is -1.39. The summed E-state index contributed by atoms with van der Waals surface area (Å²) >= 11 is 1.62. The van der Waals surface area contributed by atoms with Crippen molar-refractivity contribution in [3.05, 3.63) is 35.3 Å². The van der Waals surface area contributed by atoms with E-state index >= 15 is 0 Å². The average molecular weight is 249 g/mol. The summed E-state index contributed by atoms with van der Waals surface area (Å²) in [6.45, 7) is 0.214. The van der Waals surface area contributed by atoms with Crippen LogP contribution in [-0.4, -0.2) is 23.8 Å². The normalized spacial score (nSPS) is 10.5. The summed E-state index contributed by atoms with van der Waals surface area (Å²) in [6.07, 6.45) is 1.60. The fourth-order valence-electron chi connectivity index (χ4n) is 1.57. The molecule has 3 nitrogen and oxygen atoms in total. The third-order valence-electron chi connectivity index (χ3n) is 2.46. The fourth-order valence-corrected chi connectivity index (χ4v) is 2.42. The second kappa shape index (κ2) is 5.80. The van der Waals surface area contributed by atoms with Gasteiger partial charge in [-0.25, -0.2) is 4.98 Å². The summed E-state index contributed by atoms with van der Waals surface area (Å²) in [6, 6.07) is 7.89. The number of hydrogen-bond donors (Lipinski definition) is 1. The number of aryl methyl sites for hydroxylation is 1. The number of thiazole rings is 1. The fraction of sp³-hybridized carbons (Fsp3) is 0.308. The van der Waals surface area contributed by atoms with Crippen LogP contribution in [0.1, 0.15) is 12.1 Å². The molecule has 0 saturated heterocycles. The Kier molecular flexibility index (Phi) is 4.12. The Bertz CT molecular complexity index is 482. The molecule has 0 unspecified atom stereocenters. The molecule has 1 aromatic heterocycles. The van der Waals surface area contributed by atoms with Crippen molar-refractivity contribution in [2.75, 3.05) is 13.7 Å². The van der Waals surface area contributed by atoms with Crippen molar-refractivity contribution in [2.45, 2.75) is 12.8 Å². The van der Waals surface area contributed by atoms with Crippen molar-refractivity contribution in [1.29, 1.82) is 0 Å². The Morgan fingerprint density at radius 1 is 1.41 bits per heavy atom. The van der Waals surface area contributed by atoms with Crippen molar-refractivity contribution in [2.24, 2.45) is 0 Å². The maximum Gasteiger partial charge on any atom is 0.123 e. The van der Waals surface area contributed by atoms with E-state index in [0.717, 1.165) is 34.9 Å². The highest BCUT2D eigenvalue weighted by atomic mass is 32.1. The van der Waals surface area contributed by atoms with Gasteiger partial charge in [0, 0.05) is 17.6 Å². The third-order valence-corrected chi connectivity index (χ3v) is 3.40. The van der Waals surface area contributed by atoms with Crippen molar-refractivity contribution in [3.63, 3.8) is 0 Å². The Balaban J connectivity index is 2.18. The highest BCUT2D eigenvalue weighted by Gasteiger charge is 2.05. The number of nitrogens with zero attached hydrogens (tertiary/aromatic N) is 1. The van der Waals surface area contributed by atoms with E-state index in [9.17, 15) is 0 Å². The summed E-state index contributed by atoms with van der Waals surface area (Å²) in [5.41, 5.74) is 2.12. The molecular formula is C13H15NO2S. The predicted octanol–water partition coefficient (Wildman–Crippen LogP) is 2.74. The topological polar surface area (TPSA) is 42.4 Å². The highest BCUT2D eigenvalue weighted by molar-refractivity contribution is 7.13. The quantitative estimate of drug-likeness (QED) is 0.886. The average Bonchev–Trinajstić information content (AvgIpc) is 2.85. The van der Waals surface area contributed by atoms with Crippen molar-refractivity contribution >= 4 is 11.3 Å². The minimum Gasteiger partial charge on any atom is -0.497 e. The number of hydrogen-bond acceptors (Lipinski definition) is 4. The van der Waals surface area contributed by atoms with Gasteiger partial charge in [-0.2, -0.15) is 0 Å². The maximum absolute atomic E-state index is 8.78. The first-order chi connectivity index (χ1) is 8.33. The molecule has 90 valence electrons. The second-order valence-corrected chi connectivity index (χ2v) is 4.56. The van der Waals surface area contributed by atoms with Gasteiger partial charge in [0.05, 0.1) is 12.8 Å². The number of aliphatic hydroxyl groups excluding tert-OH is 1. The zero-order valence-electron chi connectivity index (χ0n) is 9.72. The van der Waals surface area contributed by atoms with E-state index in [1.54, 1.807) is 18.4 Å². The van der Waals surface area contributed by atoms with E-state index in [-0.39, 0.29) is 6.61 Å². The number of ether oxygens (including phenoxy) is 1. The zero-order valence-corrected chi connectivity index (χ0v) is 10.5. The number of benzene rings is 1. The van der Waals surface area contributed by atoms with Crippen LogP contribution in [0, 0.1) is 0 Å². The van der Waals surface area contributed by atoms with Crippen molar-refractivity contribution in [3.8, 4) is 16.3 Å². The molecule has 0 amide bonds. The van der Waals surface area contributed by atoms with E-state index in [1.807, 2.05) is 29.6 Å². The smallest absolute Gasteiger partial charge is 0.123 e. The van der Waals surface area contributed by atoms with E-state index in [2.05, 4.69) is 4.98 Å². The summed E-state index contributed by atoms with van der Waals surface area (Å²) < 4.78 is 5.19. The molecule has 2 rings (SSSR count). The Morgan fingerprint density at radius 3 is 3.06 bits per heavy atom. The van der Waals surface area contributed by atoms with E-state index in [4.69, 9.17) is 9.84 Å². The lowest BCUT2D eigenvalue weighted by molar-refractivity contribution is 0.288. The number of methoxy groups -OCH3 is 1. The molecule has 17 heavy (non-hydrogen) atoms. The van der Waals surface area contributed by atoms with Crippen LogP contribution in [0.25, 0.3) is 10.6 Å². The van der Waals surface area contributed by atoms with Crippen LogP contribution in [0.4, 0.5) is 0 Å². The van der Waals surface area contributed by atoms with Gasteiger partial charge in [0.15, 0.2) is 0 Å². The molecule has 0 atom stereocenters. The van der Waals surface area contributed by atoms with Gasteiger partial charge in [0.25, 0.3) is 0 Å². The summed E-state index contributed by atoms with van der Waals surface area (Å²) in [7, 11) is 1.66. The first-order valence-corrected chi connectivity index (χ1v) is 6.41. The van der Waals surface area contributed by atoms with E-state index < -0.39 is 0 Å². The van der Waals surface area contributed by atoms with Gasteiger partial charge < -0.3 is 9.84 Å². The van der Waals surface area contributed by atoms with Crippen LogP contribution < -0.4 is 4.74 Å². The first kappa shape index (κ1) is 12.1. The second-order valence-electron chi connectivity index (χ2n) is 3.70. The summed E-state index contributed by atoms with van der Waals surface area (Å²) in [5, 5.41) is 11.8. The van der Waals surface area contributed by atoms with Crippen LogP contribution >= 0.6 is 11.3 Å². The molecule has 4 heteroatoms. The largest absolute Gasteiger partial charge is 0.497 e.